The minimum Gasteiger partial charge on any atom is -0.497 e. The first-order chi connectivity index (χ1) is 8.17. The van der Waals surface area contributed by atoms with Crippen LogP contribution in [0.4, 0.5) is 0 Å². The second-order valence-corrected chi connectivity index (χ2v) is 3.83. The van der Waals surface area contributed by atoms with E-state index in [1.807, 2.05) is 19.1 Å². The quantitative estimate of drug-likeness (QED) is 0.883. The molecule has 0 radical (unpaired) electrons. The van der Waals surface area contributed by atoms with E-state index in [9.17, 15) is 4.79 Å². The van der Waals surface area contributed by atoms with Gasteiger partial charge in [0.05, 0.1) is 7.11 Å². The van der Waals surface area contributed by atoms with Gasteiger partial charge < -0.3 is 14.3 Å². The lowest BCUT2D eigenvalue weighted by atomic mass is 10.1. The molecule has 0 fully saturated rings. The molecule has 0 spiro atoms. The Bertz CT molecular complexity index is 554. The zero-order valence-electron chi connectivity index (χ0n) is 9.82. The van der Waals surface area contributed by atoms with E-state index in [0.29, 0.717) is 17.8 Å². The monoisotopic (exact) mass is 234 g/mol. The van der Waals surface area contributed by atoms with Crippen molar-refractivity contribution in [3.8, 4) is 5.75 Å². The lowest BCUT2D eigenvalue weighted by Crippen LogP contribution is -1.98. The lowest BCUT2D eigenvalue weighted by molar-refractivity contribution is 0.0663. The number of fused-ring (bicyclic) bond motifs is 1. The van der Waals surface area contributed by atoms with Gasteiger partial charge in [0, 0.05) is 17.0 Å². The van der Waals surface area contributed by atoms with Crippen molar-refractivity contribution in [1.82, 2.24) is 0 Å². The first-order valence-electron chi connectivity index (χ1n) is 5.50. The number of rotatable bonds is 4. The van der Waals surface area contributed by atoms with Crippen LogP contribution in [0.5, 0.6) is 5.75 Å². The highest BCUT2D eigenvalue weighted by molar-refractivity contribution is 5.95. The second kappa shape index (κ2) is 4.49. The average Bonchev–Trinajstić information content (AvgIpc) is 2.68. The van der Waals surface area contributed by atoms with Gasteiger partial charge in [-0.15, -0.1) is 0 Å². The number of methoxy groups -OCH3 is 1. The molecular weight excluding hydrogens is 220 g/mol. The van der Waals surface area contributed by atoms with Gasteiger partial charge in [-0.25, -0.2) is 4.79 Å². The van der Waals surface area contributed by atoms with E-state index >= 15 is 0 Å². The van der Waals surface area contributed by atoms with Crippen LogP contribution in [0, 0.1) is 0 Å². The molecule has 1 heterocycles. The first-order valence-corrected chi connectivity index (χ1v) is 5.50. The maximum atomic E-state index is 11.1. The summed E-state index contributed by atoms with van der Waals surface area (Å²) in [5.41, 5.74) is 1.32. The number of furan rings is 1. The van der Waals surface area contributed by atoms with E-state index in [1.54, 1.807) is 13.2 Å². The molecule has 2 rings (SSSR count). The van der Waals surface area contributed by atoms with Gasteiger partial charge in [-0.2, -0.15) is 0 Å². The number of hydrogen-bond acceptors (Lipinski definition) is 3. The fraction of sp³-hybridized carbons (Fsp3) is 0.308. The average molecular weight is 234 g/mol. The number of aryl methyl sites for hydroxylation is 1. The van der Waals surface area contributed by atoms with Gasteiger partial charge in [0.15, 0.2) is 0 Å². The summed E-state index contributed by atoms with van der Waals surface area (Å²) in [5.74, 6) is -0.329. The van der Waals surface area contributed by atoms with Crippen LogP contribution >= 0.6 is 0 Å². The second-order valence-electron chi connectivity index (χ2n) is 3.83. The molecule has 2 aromatic rings. The van der Waals surface area contributed by atoms with Gasteiger partial charge in [0.2, 0.25) is 5.76 Å². The summed E-state index contributed by atoms with van der Waals surface area (Å²) < 4.78 is 10.5. The zero-order valence-corrected chi connectivity index (χ0v) is 9.82. The molecule has 0 unspecified atom stereocenters. The molecule has 1 aromatic carbocycles. The SMILES string of the molecule is CCCc1c(C(=O)O)oc2cc(OC)ccc12. The van der Waals surface area contributed by atoms with Crippen molar-refractivity contribution in [1.29, 1.82) is 0 Å². The molecule has 4 heteroatoms. The van der Waals surface area contributed by atoms with Crippen molar-refractivity contribution in [3.63, 3.8) is 0 Å². The predicted octanol–water partition coefficient (Wildman–Crippen LogP) is 3.09. The highest BCUT2D eigenvalue weighted by atomic mass is 16.5. The van der Waals surface area contributed by atoms with Crippen LogP contribution in [0.3, 0.4) is 0 Å². The normalized spacial score (nSPS) is 10.7. The minimum atomic E-state index is -1.02. The van der Waals surface area contributed by atoms with E-state index in [0.717, 1.165) is 17.4 Å². The summed E-state index contributed by atoms with van der Waals surface area (Å²) in [5, 5.41) is 9.95. The third kappa shape index (κ3) is 1.98. The Kier molecular flexibility index (Phi) is 3.04. The van der Waals surface area contributed by atoms with Crippen LogP contribution in [0.15, 0.2) is 22.6 Å². The largest absolute Gasteiger partial charge is 0.497 e. The molecule has 1 N–H and O–H groups in total. The molecule has 0 saturated heterocycles. The van der Waals surface area contributed by atoms with Gasteiger partial charge in [0.1, 0.15) is 11.3 Å². The summed E-state index contributed by atoms with van der Waals surface area (Å²) in [6, 6.07) is 5.36. The third-order valence-electron chi connectivity index (χ3n) is 2.69. The molecule has 0 aliphatic heterocycles. The van der Waals surface area contributed by atoms with E-state index in [4.69, 9.17) is 14.3 Å². The van der Waals surface area contributed by atoms with Crippen molar-refractivity contribution < 1.29 is 19.1 Å². The molecule has 0 amide bonds. The van der Waals surface area contributed by atoms with E-state index in [-0.39, 0.29) is 5.76 Å². The Morgan fingerprint density at radius 2 is 2.24 bits per heavy atom. The van der Waals surface area contributed by atoms with E-state index in [2.05, 4.69) is 0 Å². The minimum absolute atomic E-state index is 0.0371. The Hall–Kier alpha value is -1.97. The molecular formula is C13H14O4. The fourth-order valence-electron chi connectivity index (χ4n) is 1.93. The molecule has 4 nitrogen and oxygen atoms in total. The van der Waals surface area contributed by atoms with Crippen molar-refractivity contribution in [2.45, 2.75) is 19.8 Å². The molecule has 90 valence electrons. The highest BCUT2D eigenvalue weighted by Crippen LogP contribution is 2.30. The molecule has 0 aliphatic carbocycles. The summed E-state index contributed by atoms with van der Waals surface area (Å²) in [6.07, 6.45) is 1.57. The van der Waals surface area contributed by atoms with Crippen molar-refractivity contribution in [3.05, 3.63) is 29.5 Å². The van der Waals surface area contributed by atoms with Gasteiger partial charge in [-0.05, 0) is 18.6 Å². The van der Waals surface area contributed by atoms with Crippen LogP contribution in [-0.4, -0.2) is 18.2 Å². The zero-order chi connectivity index (χ0) is 12.4. The molecule has 0 aliphatic rings. The number of carboxylic acid groups (broad SMARTS) is 1. The summed E-state index contributed by atoms with van der Waals surface area (Å²) in [4.78, 5) is 11.1. The number of carboxylic acids is 1. The van der Waals surface area contributed by atoms with Crippen LogP contribution < -0.4 is 4.74 Å². The molecule has 1 aromatic heterocycles. The van der Waals surface area contributed by atoms with Gasteiger partial charge >= 0.3 is 5.97 Å². The molecule has 0 saturated carbocycles. The third-order valence-corrected chi connectivity index (χ3v) is 2.69. The molecule has 0 bridgehead atoms. The summed E-state index contributed by atoms with van der Waals surface area (Å²) in [6.45, 7) is 2.01. The number of hydrogen-bond donors (Lipinski definition) is 1. The Morgan fingerprint density at radius 3 is 2.82 bits per heavy atom. The van der Waals surface area contributed by atoms with Gasteiger partial charge in [0.25, 0.3) is 0 Å². The lowest BCUT2D eigenvalue weighted by Gasteiger charge is -1.99. The smallest absolute Gasteiger partial charge is 0.372 e. The topological polar surface area (TPSA) is 59.7 Å². The van der Waals surface area contributed by atoms with Crippen LogP contribution in [0.2, 0.25) is 0 Å². The van der Waals surface area contributed by atoms with Gasteiger partial charge in [-0.1, -0.05) is 13.3 Å². The van der Waals surface area contributed by atoms with Crippen LogP contribution in [0.25, 0.3) is 11.0 Å². The van der Waals surface area contributed by atoms with Crippen molar-refractivity contribution in [2.75, 3.05) is 7.11 Å². The maximum absolute atomic E-state index is 11.1. The molecule has 17 heavy (non-hydrogen) atoms. The predicted molar refractivity (Wildman–Crippen MR) is 63.7 cm³/mol. The Morgan fingerprint density at radius 1 is 1.47 bits per heavy atom. The van der Waals surface area contributed by atoms with Gasteiger partial charge in [-0.3, -0.25) is 0 Å². The Labute approximate surface area is 98.8 Å². The van der Waals surface area contributed by atoms with Crippen molar-refractivity contribution >= 4 is 16.9 Å². The summed E-state index contributed by atoms with van der Waals surface area (Å²) >= 11 is 0. The number of aromatic carboxylic acids is 1. The fourth-order valence-corrected chi connectivity index (χ4v) is 1.93. The summed E-state index contributed by atoms with van der Waals surface area (Å²) in [7, 11) is 1.56. The van der Waals surface area contributed by atoms with Crippen molar-refractivity contribution in [2.24, 2.45) is 0 Å². The maximum Gasteiger partial charge on any atom is 0.372 e. The van der Waals surface area contributed by atoms with Crippen LogP contribution in [-0.2, 0) is 6.42 Å². The highest BCUT2D eigenvalue weighted by Gasteiger charge is 2.19. The Balaban J connectivity index is 2.65. The number of benzene rings is 1. The van der Waals surface area contributed by atoms with E-state index < -0.39 is 5.97 Å². The first kappa shape index (κ1) is 11.5. The number of carbonyl (C=O) groups is 1. The van der Waals surface area contributed by atoms with E-state index in [1.165, 1.54) is 0 Å². The molecule has 0 atom stereocenters. The standard InChI is InChI=1S/C13H14O4/c1-3-4-10-9-6-5-8(16-2)7-11(9)17-12(10)13(14)15/h5-7H,3-4H2,1-2H3,(H,14,15). The number of ether oxygens (including phenoxy) is 1. The van der Waals surface area contributed by atoms with Crippen LogP contribution in [0.1, 0.15) is 29.5 Å².